The van der Waals surface area contributed by atoms with Crippen molar-refractivity contribution in [2.75, 3.05) is 31.2 Å². The summed E-state index contributed by atoms with van der Waals surface area (Å²) in [6.07, 6.45) is 0. The summed E-state index contributed by atoms with van der Waals surface area (Å²) in [7, 11) is 0. The second-order valence-electron chi connectivity index (χ2n) is 8.01. The summed E-state index contributed by atoms with van der Waals surface area (Å²) in [5.41, 5.74) is 4.52. The number of aromatic nitrogens is 1. The first kappa shape index (κ1) is 21.9. The van der Waals surface area contributed by atoms with Gasteiger partial charge < -0.3 is 24.2 Å². The molecule has 1 aromatic heterocycles. The van der Waals surface area contributed by atoms with E-state index in [1.165, 1.54) is 5.69 Å². The van der Waals surface area contributed by atoms with Crippen molar-refractivity contribution < 1.29 is 18.8 Å². The fourth-order valence-corrected chi connectivity index (χ4v) is 3.75. The van der Waals surface area contributed by atoms with Gasteiger partial charge in [-0.1, -0.05) is 23.4 Å². The number of hydrogen-bond acceptors (Lipinski definition) is 6. The van der Waals surface area contributed by atoms with Crippen LogP contribution in [0.2, 0.25) is 0 Å². The number of morpholine rings is 1. The maximum Gasteiger partial charge on any atom is 0.251 e. The van der Waals surface area contributed by atoms with Gasteiger partial charge in [0.15, 0.2) is 0 Å². The average Bonchev–Trinajstić information content (AvgIpc) is 3.15. The van der Waals surface area contributed by atoms with Crippen LogP contribution in [-0.2, 0) is 11.3 Å². The van der Waals surface area contributed by atoms with E-state index in [-0.39, 0.29) is 11.9 Å². The van der Waals surface area contributed by atoms with Gasteiger partial charge in [0.25, 0.3) is 5.91 Å². The second-order valence-corrected chi connectivity index (χ2v) is 8.01. The van der Waals surface area contributed by atoms with Crippen LogP contribution >= 0.6 is 0 Å². The Labute approximate surface area is 188 Å². The number of hydrogen-bond donors (Lipinski definition) is 1. The predicted molar refractivity (Wildman–Crippen MR) is 122 cm³/mol. The number of benzene rings is 2. The number of nitrogens with zero attached hydrogens (tertiary/aromatic N) is 2. The van der Waals surface area contributed by atoms with Gasteiger partial charge in [-0.3, -0.25) is 4.79 Å². The molecule has 1 aliphatic heterocycles. The molecule has 1 aliphatic rings. The number of anilines is 1. The van der Waals surface area contributed by atoms with E-state index in [2.05, 4.69) is 39.6 Å². The maximum atomic E-state index is 12.8. The van der Waals surface area contributed by atoms with Crippen LogP contribution in [0.4, 0.5) is 5.69 Å². The summed E-state index contributed by atoms with van der Waals surface area (Å²) in [5.74, 6) is 1.22. The Morgan fingerprint density at radius 3 is 2.59 bits per heavy atom. The number of rotatable bonds is 7. The molecule has 168 valence electrons. The Morgan fingerprint density at radius 1 is 1.16 bits per heavy atom. The summed E-state index contributed by atoms with van der Waals surface area (Å²) in [6, 6.07) is 15.4. The molecule has 1 fully saturated rings. The highest BCUT2D eigenvalue weighted by Crippen LogP contribution is 2.22. The van der Waals surface area contributed by atoms with Gasteiger partial charge in [0, 0.05) is 24.3 Å². The quantitative estimate of drug-likeness (QED) is 0.599. The number of nitrogens with one attached hydrogen (secondary N) is 1. The molecule has 7 heteroatoms. The Kier molecular flexibility index (Phi) is 6.75. The Hall–Kier alpha value is -3.32. The predicted octanol–water partition coefficient (Wildman–Crippen LogP) is 4.20. The fraction of sp³-hybridized carbons (Fsp3) is 0.360. The molecule has 1 atom stereocenters. The molecule has 1 unspecified atom stereocenters. The molecule has 0 radical (unpaired) electrons. The van der Waals surface area contributed by atoms with Crippen LogP contribution in [0.5, 0.6) is 5.75 Å². The van der Waals surface area contributed by atoms with Crippen LogP contribution in [0.1, 0.15) is 45.9 Å². The lowest BCUT2D eigenvalue weighted by Crippen LogP contribution is -2.36. The van der Waals surface area contributed by atoms with Crippen molar-refractivity contribution in [3.63, 3.8) is 0 Å². The monoisotopic (exact) mass is 435 g/mol. The molecular weight excluding hydrogens is 406 g/mol. The van der Waals surface area contributed by atoms with Crippen LogP contribution in [0.25, 0.3) is 0 Å². The summed E-state index contributed by atoms with van der Waals surface area (Å²) in [4.78, 5) is 15.1. The van der Waals surface area contributed by atoms with E-state index in [1.807, 2.05) is 32.9 Å². The van der Waals surface area contributed by atoms with Gasteiger partial charge in [-0.25, -0.2) is 0 Å². The zero-order valence-corrected chi connectivity index (χ0v) is 18.8. The number of amides is 1. The molecule has 1 N–H and O–H groups in total. The second kappa shape index (κ2) is 9.87. The van der Waals surface area contributed by atoms with E-state index in [0.29, 0.717) is 17.9 Å². The molecule has 3 aromatic rings. The highest BCUT2D eigenvalue weighted by molar-refractivity contribution is 5.94. The topological polar surface area (TPSA) is 76.8 Å². The van der Waals surface area contributed by atoms with Crippen molar-refractivity contribution in [2.24, 2.45) is 0 Å². The molecular formula is C25H29N3O4. The summed E-state index contributed by atoms with van der Waals surface area (Å²) >= 11 is 0. The average molecular weight is 436 g/mol. The zero-order chi connectivity index (χ0) is 22.5. The SMILES string of the molecule is Cc1noc(C)c1COc1cccc(C(=O)NC(C)c2ccc(N3CCOCC3)cc2)c1. The van der Waals surface area contributed by atoms with Crippen molar-refractivity contribution >= 4 is 11.6 Å². The third-order valence-electron chi connectivity index (χ3n) is 5.78. The maximum absolute atomic E-state index is 12.8. The molecule has 0 aliphatic carbocycles. The molecule has 0 spiro atoms. The van der Waals surface area contributed by atoms with Crippen LogP contribution in [0, 0.1) is 13.8 Å². The van der Waals surface area contributed by atoms with Crippen molar-refractivity contribution in [3.05, 3.63) is 76.7 Å². The van der Waals surface area contributed by atoms with Gasteiger partial charge in [0.1, 0.15) is 18.1 Å². The first-order chi connectivity index (χ1) is 15.5. The Balaban J connectivity index is 1.36. The van der Waals surface area contributed by atoms with Gasteiger partial charge in [0.05, 0.1) is 30.5 Å². The molecule has 7 nitrogen and oxygen atoms in total. The third kappa shape index (κ3) is 5.11. The van der Waals surface area contributed by atoms with E-state index >= 15 is 0 Å². The van der Waals surface area contributed by atoms with Gasteiger partial charge in [-0.15, -0.1) is 0 Å². The number of carbonyl (C=O) groups is 1. The third-order valence-corrected chi connectivity index (χ3v) is 5.78. The Morgan fingerprint density at radius 2 is 1.91 bits per heavy atom. The highest BCUT2D eigenvalue weighted by atomic mass is 16.5. The van der Waals surface area contributed by atoms with E-state index in [9.17, 15) is 4.79 Å². The van der Waals surface area contributed by atoms with Crippen molar-refractivity contribution in [1.29, 1.82) is 0 Å². The Bertz CT molecular complexity index is 1040. The van der Waals surface area contributed by atoms with Gasteiger partial charge in [0.2, 0.25) is 0 Å². The molecule has 2 heterocycles. The minimum atomic E-state index is -0.141. The lowest BCUT2D eigenvalue weighted by atomic mass is 10.1. The summed E-state index contributed by atoms with van der Waals surface area (Å²) < 4.78 is 16.5. The molecule has 1 amide bonds. The van der Waals surface area contributed by atoms with E-state index in [0.717, 1.165) is 48.9 Å². The normalized spacial score (nSPS) is 14.8. The zero-order valence-electron chi connectivity index (χ0n) is 18.8. The number of carbonyl (C=O) groups excluding carboxylic acids is 1. The lowest BCUT2D eigenvalue weighted by molar-refractivity contribution is 0.0939. The molecule has 0 bridgehead atoms. The van der Waals surface area contributed by atoms with E-state index in [4.69, 9.17) is 14.0 Å². The molecule has 2 aromatic carbocycles. The smallest absolute Gasteiger partial charge is 0.251 e. The standard InChI is InChI=1S/C25H29N3O4/c1-17(20-7-9-22(10-8-20)28-11-13-30-14-12-28)26-25(29)21-5-4-6-23(15-21)31-16-24-18(2)27-32-19(24)3/h4-10,15,17H,11-14,16H2,1-3H3,(H,26,29). The first-order valence-corrected chi connectivity index (χ1v) is 10.9. The minimum absolute atomic E-state index is 0.117. The number of ether oxygens (including phenoxy) is 2. The van der Waals surface area contributed by atoms with Gasteiger partial charge in [-0.2, -0.15) is 0 Å². The summed E-state index contributed by atoms with van der Waals surface area (Å²) in [6.45, 7) is 9.40. The van der Waals surface area contributed by atoms with Crippen LogP contribution in [-0.4, -0.2) is 37.4 Å². The van der Waals surface area contributed by atoms with Crippen LogP contribution in [0.15, 0.2) is 53.1 Å². The van der Waals surface area contributed by atoms with Gasteiger partial charge in [-0.05, 0) is 56.7 Å². The molecule has 1 saturated heterocycles. The first-order valence-electron chi connectivity index (χ1n) is 10.9. The molecule has 32 heavy (non-hydrogen) atoms. The van der Waals surface area contributed by atoms with Crippen LogP contribution < -0.4 is 15.0 Å². The largest absolute Gasteiger partial charge is 0.489 e. The van der Waals surface area contributed by atoms with Gasteiger partial charge >= 0.3 is 0 Å². The minimum Gasteiger partial charge on any atom is -0.489 e. The van der Waals surface area contributed by atoms with Crippen molar-refractivity contribution in [2.45, 2.75) is 33.4 Å². The fourth-order valence-electron chi connectivity index (χ4n) is 3.75. The lowest BCUT2D eigenvalue weighted by Gasteiger charge is -2.29. The van der Waals surface area contributed by atoms with Crippen molar-refractivity contribution in [3.8, 4) is 5.75 Å². The number of aryl methyl sites for hydroxylation is 2. The summed E-state index contributed by atoms with van der Waals surface area (Å²) in [5, 5.41) is 7.01. The van der Waals surface area contributed by atoms with E-state index < -0.39 is 0 Å². The molecule has 0 saturated carbocycles. The highest BCUT2D eigenvalue weighted by Gasteiger charge is 2.15. The van der Waals surface area contributed by atoms with Crippen molar-refractivity contribution in [1.82, 2.24) is 10.5 Å². The van der Waals surface area contributed by atoms with E-state index in [1.54, 1.807) is 12.1 Å². The molecule has 4 rings (SSSR count). The van der Waals surface area contributed by atoms with Crippen LogP contribution in [0.3, 0.4) is 0 Å².